The van der Waals surface area contributed by atoms with E-state index in [1.807, 2.05) is 36.4 Å². The van der Waals surface area contributed by atoms with Gasteiger partial charge in [-0.1, -0.05) is 44.2 Å². The number of carbonyl (C=O) groups excluding carboxylic acids is 1. The number of benzene rings is 1. The first kappa shape index (κ1) is 18.4. The molecule has 0 radical (unpaired) electrons. The molecule has 2 aliphatic heterocycles. The smallest absolute Gasteiger partial charge is 0.283 e. The summed E-state index contributed by atoms with van der Waals surface area (Å²) in [5.74, 6) is 1.11. The van der Waals surface area contributed by atoms with Crippen molar-refractivity contribution in [1.29, 1.82) is 5.41 Å². The second kappa shape index (κ2) is 7.59. The number of hydrogen-bond donors (Lipinski definition) is 1. The van der Waals surface area contributed by atoms with E-state index >= 15 is 0 Å². The third-order valence-electron chi connectivity index (χ3n) is 4.78. The van der Waals surface area contributed by atoms with Gasteiger partial charge < -0.3 is 4.42 Å². The van der Waals surface area contributed by atoms with Gasteiger partial charge >= 0.3 is 0 Å². The van der Waals surface area contributed by atoms with Crippen LogP contribution < -0.4 is 0 Å². The molecule has 0 fully saturated rings. The molecule has 142 valence electrons. The number of thioether (sulfide) groups is 1. The van der Waals surface area contributed by atoms with E-state index in [0.717, 1.165) is 23.4 Å². The second-order valence-electron chi connectivity index (χ2n) is 6.54. The number of amidine groups is 2. The molecule has 0 saturated heterocycles. The number of nitrogens with one attached hydrogen (secondary N) is 1. The van der Waals surface area contributed by atoms with Crippen LogP contribution in [0.3, 0.4) is 0 Å². The summed E-state index contributed by atoms with van der Waals surface area (Å²) in [6.07, 6.45) is 3.48. The lowest BCUT2D eigenvalue weighted by Gasteiger charge is -2.19. The van der Waals surface area contributed by atoms with Crippen LogP contribution >= 0.6 is 11.8 Å². The average molecular weight is 392 g/mol. The number of nitrogens with zero attached hydrogens (tertiary/aromatic N) is 3. The molecule has 4 rings (SSSR count). The molecule has 28 heavy (non-hydrogen) atoms. The number of hydrazone groups is 1. The molecule has 7 heteroatoms. The van der Waals surface area contributed by atoms with Gasteiger partial charge in [0.2, 0.25) is 5.17 Å². The number of furan rings is 1. The molecule has 0 spiro atoms. The largest absolute Gasteiger partial charge is 0.457 e. The van der Waals surface area contributed by atoms with E-state index in [0.29, 0.717) is 22.6 Å². The van der Waals surface area contributed by atoms with Gasteiger partial charge in [0.15, 0.2) is 5.84 Å². The van der Waals surface area contributed by atoms with Crippen LogP contribution in [0.15, 0.2) is 62.5 Å². The normalized spacial score (nSPS) is 18.0. The third kappa shape index (κ3) is 3.33. The standard InChI is InChI=1S/C21H20N4O2S/c1-3-13(4-2)20-24-25-18(22)16(19(26)23-21(25)28-20)12-15-10-11-17(27-15)14-8-6-5-7-9-14/h5-13,22H,3-4H2,1-2H3. The summed E-state index contributed by atoms with van der Waals surface area (Å²) in [6.45, 7) is 4.22. The monoisotopic (exact) mass is 392 g/mol. The Morgan fingerprint density at radius 1 is 1.18 bits per heavy atom. The van der Waals surface area contributed by atoms with Crippen molar-refractivity contribution in [1.82, 2.24) is 5.01 Å². The molecule has 0 bridgehead atoms. The van der Waals surface area contributed by atoms with Crippen LogP contribution in [-0.4, -0.2) is 27.0 Å². The molecule has 0 aliphatic carbocycles. The minimum Gasteiger partial charge on any atom is -0.457 e. The quantitative estimate of drug-likeness (QED) is 0.726. The maximum Gasteiger partial charge on any atom is 0.283 e. The first-order valence-corrected chi connectivity index (χ1v) is 10.1. The first-order valence-electron chi connectivity index (χ1n) is 9.26. The fourth-order valence-corrected chi connectivity index (χ4v) is 4.30. The molecule has 1 N–H and O–H groups in total. The summed E-state index contributed by atoms with van der Waals surface area (Å²) in [7, 11) is 0. The molecule has 1 aromatic heterocycles. The molecular formula is C21H20N4O2S. The molecule has 0 saturated carbocycles. The zero-order valence-electron chi connectivity index (χ0n) is 15.7. The lowest BCUT2D eigenvalue weighted by atomic mass is 10.1. The summed E-state index contributed by atoms with van der Waals surface area (Å²) in [5, 5.41) is 15.8. The Bertz CT molecular complexity index is 1020. The van der Waals surface area contributed by atoms with Crippen molar-refractivity contribution in [2.24, 2.45) is 16.0 Å². The number of hydrogen-bond acceptors (Lipinski definition) is 5. The Labute approximate surface area is 167 Å². The SMILES string of the molecule is CCC(CC)C1=NN2C(=N)C(=Cc3ccc(-c4ccccc4)o3)C(=O)N=C2S1. The molecular weight excluding hydrogens is 372 g/mol. The van der Waals surface area contributed by atoms with E-state index in [9.17, 15) is 4.79 Å². The Hall–Kier alpha value is -2.93. The number of amides is 1. The maximum absolute atomic E-state index is 12.5. The summed E-state index contributed by atoms with van der Waals surface area (Å²) in [5.41, 5.74) is 1.13. The Morgan fingerprint density at radius 2 is 1.93 bits per heavy atom. The van der Waals surface area contributed by atoms with E-state index in [1.54, 1.807) is 12.1 Å². The van der Waals surface area contributed by atoms with Gasteiger partial charge in [-0.2, -0.15) is 15.1 Å². The predicted octanol–water partition coefficient (Wildman–Crippen LogP) is 5.00. The molecule has 6 nitrogen and oxygen atoms in total. The maximum atomic E-state index is 12.5. The molecule has 3 heterocycles. The van der Waals surface area contributed by atoms with Crippen molar-refractivity contribution in [3.05, 3.63) is 53.8 Å². The molecule has 1 aromatic carbocycles. The summed E-state index contributed by atoms with van der Waals surface area (Å²) in [4.78, 5) is 16.7. The minimum absolute atomic E-state index is 0.0288. The minimum atomic E-state index is -0.442. The van der Waals surface area contributed by atoms with Gasteiger partial charge in [0.1, 0.15) is 16.6 Å². The van der Waals surface area contributed by atoms with E-state index in [1.165, 1.54) is 16.8 Å². The van der Waals surface area contributed by atoms with Crippen molar-refractivity contribution in [3.8, 4) is 11.3 Å². The van der Waals surface area contributed by atoms with Crippen LogP contribution in [0.2, 0.25) is 0 Å². The topological polar surface area (TPSA) is 82.0 Å². The molecule has 1 amide bonds. The van der Waals surface area contributed by atoms with Crippen LogP contribution in [0, 0.1) is 11.3 Å². The van der Waals surface area contributed by atoms with Crippen LogP contribution in [-0.2, 0) is 4.79 Å². The van der Waals surface area contributed by atoms with Gasteiger partial charge in [0, 0.05) is 11.5 Å². The number of fused-ring (bicyclic) bond motifs is 1. The zero-order valence-corrected chi connectivity index (χ0v) is 16.5. The van der Waals surface area contributed by atoms with Gasteiger partial charge in [-0.05, 0) is 42.8 Å². The van der Waals surface area contributed by atoms with Crippen LogP contribution in [0.25, 0.3) is 17.4 Å². The van der Waals surface area contributed by atoms with Crippen LogP contribution in [0.1, 0.15) is 32.4 Å². The zero-order chi connectivity index (χ0) is 19.7. The number of rotatable bonds is 5. The Balaban J connectivity index is 1.63. The average Bonchev–Trinajstić information content (AvgIpc) is 3.34. The molecule has 2 aromatic rings. The third-order valence-corrected chi connectivity index (χ3v) is 5.85. The van der Waals surface area contributed by atoms with Crippen molar-refractivity contribution >= 4 is 39.8 Å². The number of carbonyl (C=O) groups is 1. The lowest BCUT2D eigenvalue weighted by molar-refractivity contribution is -0.114. The highest BCUT2D eigenvalue weighted by Gasteiger charge is 2.37. The van der Waals surface area contributed by atoms with Gasteiger partial charge in [0.05, 0.1) is 5.57 Å². The fraction of sp³-hybridized carbons (Fsp3) is 0.238. The first-order chi connectivity index (χ1) is 13.6. The van der Waals surface area contributed by atoms with Gasteiger partial charge in [-0.15, -0.1) is 0 Å². The summed E-state index contributed by atoms with van der Waals surface area (Å²) >= 11 is 1.38. The Morgan fingerprint density at radius 3 is 2.64 bits per heavy atom. The van der Waals surface area contributed by atoms with Crippen molar-refractivity contribution < 1.29 is 9.21 Å². The molecule has 0 atom stereocenters. The number of aliphatic imine (C=N–C) groups is 1. The van der Waals surface area contributed by atoms with Crippen LogP contribution in [0.5, 0.6) is 0 Å². The highest BCUT2D eigenvalue weighted by Crippen LogP contribution is 2.33. The fourth-order valence-electron chi connectivity index (χ4n) is 3.14. The van der Waals surface area contributed by atoms with E-state index in [4.69, 9.17) is 9.83 Å². The van der Waals surface area contributed by atoms with Crippen molar-refractivity contribution in [2.45, 2.75) is 26.7 Å². The van der Waals surface area contributed by atoms with Gasteiger partial charge in [0.25, 0.3) is 5.91 Å². The molecule has 2 aliphatic rings. The van der Waals surface area contributed by atoms with E-state index < -0.39 is 5.91 Å². The van der Waals surface area contributed by atoms with E-state index in [2.05, 4.69) is 23.9 Å². The summed E-state index contributed by atoms with van der Waals surface area (Å²) in [6, 6.07) is 13.4. The highest BCUT2D eigenvalue weighted by atomic mass is 32.2. The van der Waals surface area contributed by atoms with Crippen molar-refractivity contribution in [2.75, 3.05) is 0 Å². The van der Waals surface area contributed by atoms with Gasteiger partial charge in [-0.3, -0.25) is 10.2 Å². The lowest BCUT2D eigenvalue weighted by Crippen LogP contribution is -2.35. The highest BCUT2D eigenvalue weighted by molar-refractivity contribution is 8.27. The summed E-state index contributed by atoms with van der Waals surface area (Å²) < 4.78 is 5.84. The predicted molar refractivity (Wildman–Crippen MR) is 113 cm³/mol. The van der Waals surface area contributed by atoms with Gasteiger partial charge in [-0.25, -0.2) is 0 Å². The van der Waals surface area contributed by atoms with Crippen LogP contribution in [0.4, 0.5) is 0 Å². The van der Waals surface area contributed by atoms with Crippen molar-refractivity contribution in [3.63, 3.8) is 0 Å². The Kier molecular flexibility index (Phi) is 5.00. The van der Waals surface area contributed by atoms with E-state index in [-0.39, 0.29) is 11.4 Å². The second-order valence-corrected chi connectivity index (χ2v) is 7.53. The molecule has 0 unspecified atom stereocenters.